The molecule has 2 rings (SSSR count). The molecule has 12 heavy (non-hydrogen) atoms. The molecule has 0 bridgehead atoms. The zero-order valence-corrected chi connectivity index (χ0v) is 7.99. The van der Waals surface area contributed by atoms with Crippen LogP contribution in [-0.4, -0.2) is 0 Å². The maximum Gasteiger partial charge on any atom is 2.00 e. The van der Waals surface area contributed by atoms with Gasteiger partial charge < -0.3 is 0 Å². The molecule has 0 radical (unpaired) electrons. The Morgan fingerprint density at radius 1 is 1.17 bits per heavy atom. The minimum Gasteiger partial charge on any atom is -0.275 e. The van der Waals surface area contributed by atoms with E-state index in [4.69, 9.17) is 0 Å². The summed E-state index contributed by atoms with van der Waals surface area (Å²) in [6, 6.07) is 10.0. The monoisotopic (exact) mass is 200 g/mol. The van der Waals surface area contributed by atoms with Crippen LogP contribution in [-0.2, 0) is 17.1 Å². The summed E-state index contributed by atoms with van der Waals surface area (Å²) in [5.41, 5.74) is 0. The van der Waals surface area contributed by atoms with Crippen molar-refractivity contribution in [3.05, 3.63) is 54.6 Å². The number of hydrogen-bond donors (Lipinski definition) is 0. The van der Waals surface area contributed by atoms with Gasteiger partial charge in [0.15, 0.2) is 0 Å². The van der Waals surface area contributed by atoms with Crippen LogP contribution in [0.4, 0.5) is 0 Å². The van der Waals surface area contributed by atoms with Gasteiger partial charge in [-0.3, -0.25) is 6.08 Å². The minimum absolute atomic E-state index is 0. The Hall–Kier alpha value is -0.651. The molecule has 0 N–H and O–H groups in total. The fraction of sp³-hybridized carbons (Fsp3) is 0.182. The van der Waals surface area contributed by atoms with Crippen LogP contribution < -0.4 is 0 Å². The van der Waals surface area contributed by atoms with Crippen molar-refractivity contribution in [1.82, 2.24) is 0 Å². The molecule has 64 valence electrons. The van der Waals surface area contributed by atoms with Crippen LogP contribution in [0, 0.1) is 6.08 Å². The second-order valence-electron chi connectivity index (χ2n) is 2.30. The molecular formula is C11H12Fe. The summed E-state index contributed by atoms with van der Waals surface area (Å²) in [4.78, 5) is 0. The molecule has 1 aliphatic carbocycles. The third-order valence-corrected chi connectivity index (χ3v) is 1.36. The summed E-state index contributed by atoms with van der Waals surface area (Å²) in [5.74, 6) is 0. The molecule has 0 amide bonds. The van der Waals surface area contributed by atoms with E-state index in [1.165, 1.54) is 6.42 Å². The molecule has 0 saturated carbocycles. The van der Waals surface area contributed by atoms with Gasteiger partial charge >= 0.3 is 17.1 Å². The maximum absolute atomic E-state index is 3.07. The molecule has 0 saturated heterocycles. The molecule has 0 fully saturated rings. The third kappa shape index (κ3) is 6.09. The van der Waals surface area contributed by atoms with Crippen molar-refractivity contribution >= 4 is 0 Å². The Bertz CT molecular complexity index is 178. The molecule has 0 atom stereocenters. The summed E-state index contributed by atoms with van der Waals surface area (Å²) in [7, 11) is 0. The van der Waals surface area contributed by atoms with E-state index in [2.05, 4.69) is 12.2 Å². The van der Waals surface area contributed by atoms with Crippen molar-refractivity contribution in [2.75, 3.05) is 0 Å². The predicted molar refractivity (Wildman–Crippen MR) is 48.2 cm³/mol. The van der Waals surface area contributed by atoms with Crippen molar-refractivity contribution in [3.63, 3.8) is 0 Å². The molecule has 0 nitrogen and oxygen atoms in total. The van der Waals surface area contributed by atoms with Crippen molar-refractivity contribution in [1.29, 1.82) is 0 Å². The van der Waals surface area contributed by atoms with Crippen LogP contribution in [0.5, 0.6) is 0 Å². The van der Waals surface area contributed by atoms with E-state index < -0.39 is 0 Å². The first-order valence-electron chi connectivity index (χ1n) is 3.88. The molecular weight excluding hydrogens is 188 g/mol. The first-order chi connectivity index (χ1) is 5.50. The summed E-state index contributed by atoms with van der Waals surface area (Å²) in [6.45, 7) is 0. The maximum atomic E-state index is 3.07. The van der Waals surface area contributed by atoms with E-state index in [9.17, 15) is 0 Å². The standard InChI is InChI=1S/C6H7.C5H5.Fe/c1-2-4-6-5-3-1;1-2-4-5-3-1;/h1-3H,4,6H2;1-5H;/q2*-1;+2. The summed E-state index contributed by atoms with van der Waals surface area (Å²) < 4.78 is 0. The molecule has 0 spiro atoms. The fourth-order valence-corrected chi connectivity index (χ4v) is 0.803. The van der Waals surface area contributed by atoms with Crippen molar-refractivity contribution in [2.24, 2.45) is 0 Å². The Morgan fingerprint density at radius 2 is 1.92 bits per heavy atom. The van der Waals surface area contributed by atoms with Crippen LogP contribution in [0.3, 0.4) is 0 Å². The summed E-state index contributed by atoms with van der Waals surface area (Å²) in [5, 5.41) is 0. The molecule has 1 aromatic carbocycles. The normalized spacial score (nSPS) is 12.7. The Kier molecular flexibility index (Phi) is 7.99. The molecule has 1 aromatic rings. The molecule has 1 aliphatic rings. The van der Waals surface area contributed by atoms with Gasteiger partial charge in [-0.2, -0.15) is 24.3 Å². The van der Waals surface area contributed by atoms with E-state index in [1.807, 2.05) is 42.5 Å². The van der Waals surface area contributed by atoms with Gasteiger partial charge in [0.25, 0.3) is 0 Å². The number of rotatable bonds is 0. The van der Waals surface area contributed by atoms with Gasteiger partial charge in [-0.05, 0) is 0 Å². The van der Waals surface area contributed by atoms with Gasteiger partial charge in [0, 0.05) is 0 Å². The average molecular weight is 200 g/mol. The van der Waals surface area contributed by atoms with Crippen LogP contribution >= 0.6 is 0 Å². The van der Waals surface area contributed by atoms with Gasteiger partial charge in [-0.25, -0.2) is 24.3 Å². The summed E-state index contributed by atoms with van der Waals surface area (Å²) in [6.07, 6.45) is 11.5. The molecule has 1 heteroatoms. The SMILES string of the molecule is [C-]1=CC=CCC1.[Fe+2].c1cc[cH-]c1. The molecule has 0 aromatic heterocycles. The third-order valence-electron chi connectivity index (χ3n) is 1.36. The molecule has 0 heterocycles. The van der Waals surface area contributed by atoms with Crippen molar-refractivity contribution in [3.8, 4) is 0 Å². The Balaban J connectivity index is 0.000000189. The zero-order valence-electron chi connectivity index (χ0n) is 6.89. The predicted octanol–water partition coefficient (Wildman–Crippen LogP) is 3.10. The zero-order chi connectivity index (χ0) is 7.78. The van der Waals surface area contributed by atoms with E-state index in [0.29, 0.717) is 0 Å². The van der Waals surface area contributed by atoms with Crippen LogP contribution in [0.2, 0.25) is 0 Å². The first-order valence-corrected chi connectivity index (χ1v) is 3.88. The molecule has 0 unspecified atom stereocenters. The van der Waals surface area contributed by atoms with E-state index >= 15 is 0 Å². The number of hydrogen-bond acceptors (Lipinski definition) is 0. The Morgan fingerprint density at radius 3 is 2.08 bits per heavy atom. The minimum atomic E-state index is 0. The smallest absolute Gasteiger partial charge is 0.275 e. The van der Waals surface area contributed by atoms with Crippen LogP contribution in [0.25, 0.3) is 0 Å². The number of allylic oxidation sites excluding steroid dienone is 4. The second-order valence-corrected chi connectivity index (χ2v) is 2.30. The van der Waals surface area contributed by atoms with Gasteiger partial charge in [0.2, 0.25) is 0 Å². The van der Waals surface area contributed by atoms with Crippen molar-refractivity contribution < 1.29 is 17.1 Å². The quantitative estimate of drug-likeness (QED) is 0.445. The van der Waals surface area contributed by atoms with Crippen molar-refractivity contribution in [2.45, 2.75) is 12.8 Å². The fourth-order valence-electron chi connectivity index (χ4n) is 0.803. The van der Waals surface area contributed by atoms with Gasteiger partial charge in [-0.1, -0.05) is 6.42 Å². The largest absolute Gasteiger partial charge is 2.00 e. The Labute approximate surface area is 84.8 Å². The average Bonchev–Trinajstić information content (AvgIpc) is 2.64. The second kappa shape index (κ2) is 8.45. The van der Waals surface area contributed by atoms with E-state index in [-0.39, 0.29) is 17.1 Å². The van der Waals surface area contributed by atoms with Crippen LogP contribution in [0.1, 0.15) is 12.8 Å². The van der Waals surface area contributed by atoms with Gasteiger partial charge in [0.05, 0.1) is 0 Å². The first kappa shape index (κ1) is 11.3. The topological polar surface area (TPSA) is 0 Å². The van der Waals surface area contributed by atoms with E-state index in [1.54, 1.807) is 0 Å². The van der Waals surface area contributed by atoms with E-state index in [0.717, 1.165) is 6.42 Å². The summed E-state index contributed by atoms with van der Waals surface area (Å²) >= 11 is 0. The van der Waals surface area contributed by atoms with Gasteiger partial charge in [0.1, 0.15) is 0 Å². The molecule has 0 aliphatic heterocycles. The van der Waals surface area contributed by atoms with Crippen LogP contribution in [0.15, 0.2) is 48.6 Å². The van der Waals surface area contributed by atoms with Gasteiger partial charge in [-0.15, -0.1) is 6.42 Å².